The van der Waals surface area contributed by atoms with Crippen LogP contribution in [0.25, 0.3) is 0 Å². The van der Waals surface area contributed by atoms with Gasteiger partial charge in [-0.3, -0.25) is 0 Å². The monoisotopic (exact) mass is 305 g/mol. The summed E-state index contributed by atoms with van der Waals surface area (Å²) in [6, 6.07) is 12.4. The van der Waals surface area contributed by atoms with E-state index in [4.69, 9.17) is 4.74 Å². The quantitative estimate of drug-likeness (QED) is 0.805. The predicted octanol–water partition coefficient (Wildman–Crippen LogP) is 3.81. The summed E-state index contributed by atoms with van der Waals surface area (Å²) in [5.41, 5.74) is 0.913. The molecule has 0 heterocycles. The first kappa shape index (κ1) is 16.6. The number of hydrogen-bond acceptors (Lipinski definition) is 2. The van der Waals surface area contributed by atoms with Crippen LogP contribution in [0.15, 0.2) is 48.5 Å². The van der Waals surface area contributed by atoms with Crippen molar-refractivity contribution in [2.75, 3.05) is 27.2 Å². The fourth-order valence-electron chi connectivity index (χ4n) is 2.30. The van der Waals surface area contributed by atoms with Gasteiger partial charge in [0.2, 0.25) is 0 Å². The highest BCUT2D eigenvalue weighted by molar-refractivity contribution is 5.35. The predicted molar refractivity (Wildman–Crippen MR) is 83.8 cm³/mol. The molecule has 0 aliphatic carbocycles. The summed E-state index contributed by atoms with van der Waals surface area (Å²) in [5, 5.41) is 0. The van der Waals surface area contributed by atoms with Gasteiger partial charge in [-0.05, 0) is 56.4 Å². The van der Waals surface area contributed by atoms with Gasteiger partial charge >= 0.3 is 0 Å². The maximum atomic E-state index is 13.2. The van der Waals surface area contributed by atoms with E-state index in [2.05, 4.69) is 0 Å². The highest BCUT2D eigenvalue weighted by atomic mass is 19.1. The van der Waals surface area contributed by atoms with Crippen LogP contribution in [0.3, 0.4) is 0 Å². The fourth-order valence-corrected chi connectivity index (χ4v) is 2.30. The first-order valence-electron chi connectivity index (χ1n) is 7.22. The van der Waals surface area contributed by atoms with Crippen LogP contribution in [0.2, 0.25) is 0 Å². The summed E-state index contributed by atoms with van der Waals surface area (Å²) in [4.78, 5) is 2.02. The Balaban J connectivity index is 2.34. The van der Waals surface area contributed by atoms with Gasteiger partial charge in [0.25, 0.3) is 0 Å². The van der Waals surface area contributed by atoms with Gasteiger partial charge in [0.1, 0.15) is 17.2 Å². The lowest BCUT2D eigenvalue weighted by Crippen LogP contribution is -2.31. The van der Waals surface area contributed by atoms with E-state index < -0.39 is 5.60 Å². The van der Waals surface area contributed by atoms with Gasteiger partial charge < -0.3 is 9.64 Å². The zero-order valence-electron chi connectivity index (χ0n) is 13.1. The summed E-state index contributed by atoms with van der Waals surface area (Å²) in [7, 11) is 3.94. The maximum absolute atomic E-state index is 13.2. The van der Waals surface area contributed by atoms with Crippen molar-refractivity contribution in [1.29, 1.82) is 0 Å². The van der Waals surface area contributed by atoms with Crippen LogP contribution in [0.1, 0.15) is 18.1 Å². The molecule has 22 heavy (non-hydrogen) atoms. The van der Waals surface area contributed by atoms with E-state index in [1.54, 1.807) is 24.3 Å². The van der Waals surface area contributed by atoms with Gasteiger partial charge in [-0.25, -0.2) is 8.78 Å². The smallest absolute Gasteiger partial charge is 0.123 e. The Kier molecular flexibility index (Phi) is 5.27. The molecular formula is C18H21F2NO. The summed E-state index contributed by atoms with van der Waals surface area (Å²) in [6.07, 6.45) is 0. The lowest BCUT2D eigenvalue weighted by atomic mass is 9.88. The van der Waals surface area contributed by atoms with E-state index in [0.717, 1.165) is 17.7 Å². The Morgan fingerprint density at radius 2 is 1.27 bits per heavy atom. The first-order chi connectivity index (χ1) is 10.4. The van der Waals surface area contributed by atoms with Gasteiger partial charge in [-0.2, -0.15) is 0 Å². The lowest BCUT2D eigenvalue weighted by Gasteiger charge is -2.32. The molecule has 0 bridgehead atoms. The van der Waals surface area contributed by atoms with Crippen LogP contribution in [-0.4, -0.2) is 32.1 Å². The van der Waals surface area contributed by atoms with Gasteiger partial charge in [0, 0.05) is 6.54 Å². The van der Waals surface area contributed by atoms with Crippen molar-refractivity contribution in [3.8, 4) is 0 Å². The van der Waals surface area contributed by atoms with Crippen molar-refractivity contribution in [1.82, 2.24) is 4.90 Å². The second-order valence-electron chi connectivity index (χ2n) is 5.70. The Hall–Kier alpha value is -1.78. The maximum Gasteiger partial charge on any atom is 0.123 e. The van der Waals surface area contributed by atoms with Crippen LogP contribution in [0, 0.1) is 11.6 Å². The third-order valence-corrected chi connectivity index (χ3v) is 3.72. The molecule has 118 valence electrons. The van der Waals surface area contributed by atoms with E-state index in [9.17, 15) is 8.78 Å². The van der Waals surface area contributed by atoms with Gasteiger partial charge in [-0.1, -0.05) is 24.3 Å². The molecule has 2 aromatic rings. The van der Waals surface area contributed by atoms with Crippen LogP contribution in [-0.2, 0) is 10.3 Å². The number of ether oxygens (including phenoxy) is 1. The average molecular weight is 305 g/mol. The minimum Gasteiger partial charge on any atom is -0.365 e. The molecule has 0 saturated heterocycles. The standard InChI is InChI=1S/C18H21F2NO/c1-18(22-13-12-21(2)3,14-4-8-16(19)9-5-14)15-6-10-17(20)11-7-15/h4-11H,12-13H2,1-3H3. The van der Waals surface area contributed by atoms with Crippen molar-refractivity contribution >= 4 is 0 Å². The second-order valence-corrected chi connectivity index (χ2v) is 5.70. The van der Waals surface area contributed by atoms with Crippen LogP contribution >= 0.6 is 0 Å². The largest absolute Gasteiger partial charge is 0.365 e. The first-order valence-corrected chi connectivity index (χ1v) is 7.22. The zero-order chi connectivity index (χ0) is 16.2. The third kappa shape index (κ3) is 3.90. The topological polar surface area (TPSA) is 12.5 Å². The van der Waals surface area contributed by atoms with Gasteiger partial charge in [0.15, 0.2) is 0 Å². The van der Waals surface area contributed by atoms with E-state index in [-0.39, 0.29) is 11.6 Å². The molecule has 2 aromatic carbocycles. The van der Waals surface area contributed by atoms with Crippen molar-refractivity contribution in [3.63, 3.8) is 0 Å². The molecular weight excluding hydrogens is 284 g/mol. The second kappa shape index (κ2) is 6.99. The molecule has 0 N–H and O–H groups in total. The molecule has 0 spiro atoms. The summed E-state index contributed by atoms with van der Waals surface area (Å²) in [5.74, 6) is -0.586. The number of halogens is 2. The highest BCUT2D eigenvalue weighted by Gasteiger charge is 2.30. The molecule has 2 rings (SSSR count). The molecule has 2 nitrogen and oxygen atoms in total. The number of hydrogen-bond donors (Lipinski definition) is 0. The summed E-state index contributed by atoms with van der Waals surface area (Å²) < 4.78 is 32.5. The molecule has 0 amide bonds. The minimum atomic E-state index is -0.753. The molecule has 0 atom stereocenters. The number of nitrogens with zero attached hydrogens (tertiary/aromatic N) is 1. The number of rotatable bonds is 6. The van der Waals surface area contributed by atoms with Crippen LogP contribution in [0.4, 0.5) is 8.78 Å². The fraction of sp³-hybridized carbons (Fsp3) is 0.333. The molecule has 0 unspecified atom stereocenters. The van der Waals surface area contributed by atoms with Crippen molar-refractivity contribution in [2.24, 2.45) is 0 Å². The minimum absolute atomic E-state index is 0.293. The number of likely N-dealkylation sites (N-methyl/N-ethyl adjacent to an activating group) is 1. The van der Waals surface area contributed by atoms with Crippen LogP contribution < -0.4 is 0 Å². The molecule has 0 aliphatic rings. The molecule has 4 heteroatoms. The Labute approximate surface area is 130 Å². The molecule has 0 fully saturated rings. The van der Waals surface area contributed by atoms with E-state index >= 15 is 0 Å². The molecule has 0 aromatic heterocycles. The third-order valence-electron chi connectivity index (χ3n) is 3.72. The van der Waals surface area contributed by atoms with Gasteiger partial charge in [0.05, 0.1) is 6.61 Å². The van der Waals surface area contributed by atoms with Gasteiger partial charge in [-0.15, -0.1) is 0 Å². The Morgan fingerprint density at radius 3 is 1.64 bits per heavy atom. The molecule has 0 aliphatic heterocycles. The van der Waals surface area contributed by atoms with Crippen molar-refractivity contribution in [3.05, 3.63) is 71.3 Å². The van der Waals surface area contributed by atoms with E-state index in [1.165, 1.54) is 24.3 Å². The van der Waals surface area contributed by atoms with Crippen molar-refractivity contribution in [2.45, 2.75) is 12.5 Å². The van der Waals surface area contributed by atoms with Crippen molar-refractivity contribution < 1.29 is 13.5 Å². The average Bonchev–Trinajstić information content (AvgIpc) is 2.48. The SMILES string of the molecule is CN(C)CCOC(C)(c1ccc(F)cc1)c1ccc(F)cc1. The summed E-state index contributed by atoms with van der Waals surface area (Å²) >= 11 is 0. The van der Waals surface area contributed by atoms with E-state index in [1.807, 2.05) is 25.9 Å². The Morgan fingerprint density at radius 1 is 0.864 bits per heavy atom. The summed E-state index contributed by atoms with van der Waals surface area (Å²) in [6.45, 7) is 3.19. The molecule has 0 saturated carbocycles. The Bertz CT molecular complexity index is 548. The number of benzene rings is 2. The molecule has 0 radical (unpaired) electrons. The lowest BCUT2D eigenvalue weighted by molar-refractivity contribution is -0.0102. The zero-order valence-corrected chi connectivity index (χ0v) is 13.1. The highest BCUT2D eigenvalue weighted by Crippen LogP contribution is 2.33. The van der Waals surface area contributed by atoms with E-state index in [0.29, 0.717) is 6.61 Å². The van der Waals surface area contributed by atoms with Crippen LogP contribution in [0.5, 0.6) is 0 Å². The normalized spacial score (nSPS) is 11.9.